The number of aromatic nitrogens is 1. The minimum atomic E-state index is -0.456. The second-order valence-electron chi connectivity index (χ2n) is 3.07. The Bertz CT molecular complexity index is 453. The van der Waals surface area contributed by atoms with Crippen LogP contribution in [0.25, 0.3) is 11.1 Å². The highest BCUT2D eigenvalue weighted by Gasteiger charge is 2.04. The van der Waals surface area contributed by atoms with E-state index in [1.807, 2.05) is 0 Å². The molecule has 1 aromatic carbocycles. The lowest BCUT2D eigenvalue weighted by atomic mass is 10.1. The topological polar surface area (TPSA) is 22.1 Å². The molecule has 15 heavy (non-hydrogen) atoms. The van der Waals surface area contributed by atoms with E-state index in [9.17, 15) is 4.39 Å². The van der Waals surface area contributed by atoms with Gasteiger partial charge >= 0.3 is 0 Å². The lowest BCUT2D eigenvalue weighted by molar-refractivity contribution is 0.415. The van der Waals surface area contributed by atoms with Crippen LogP contribution in [0.15, 0.2) is 42.6 Å². The molecule has 3 heteroatoms. The first kappa shape index (κ1) is 9.65. The van der Waals surface area contributed by atoms with Crippen LogP contribution in [0.3, 0.4) is 0 Å². The van der Waals surface area contributed by atoms with E-state index in [1.165, 1.54) is 6.20 Å². The molecule has 0 N–H and O–H groups in total. The van der Waals surface area contributed by atoms with Crippen LogP contribution in [0.2, 0.25) is 0 Å². The Kier molecular flexibility index (Phi) is 2.63. The van der Waals surface area contributed by atoms with Crippen molar-refractivity contribution in [3.8, 4) is 16.9 Å². The lowest BCUT2D eigenvalue weighted by Crippen LogP contribution is -1.88. The number of hydrogen-bond donors (Lipinski definition) is 0. The summed E-state index contributed by atoms with van der Waals surface area (Å²) in [6.45, 7) is 0. The molecule has 0 aliphatic carbocycles. The molecule has 2 aromatic rings. The Morgan fingerprint density at radius 2 is 1.87 bits per heavy atom. The highest BCUT2D eigenvalue weighted by atomic mass is 19.1. The lowest BCUT2D eigenvalue weighted by Gasteiger charge is -2.03. The molecule has 2 rings (SSSR count). The summed E-state index contributed by atoms with van der Waals surface area (Å²) in [5.41, 5.74) is 1.29. The summed E-state index contributed by atoms with van der Waals surface area (Å²) < 4.78 is 18.3. The maximum atomic E-state index is 13.3. The maximum absolute atomic E-state index is 13.3. The van der Waals surface area contributed by atoms with Crippen molar-refractivity contribution in [1.82, 2.24) is 4.98 Å². The summed E-state index contributed by atoms with van der Waals surface area (Å²) in [7, 11) is 1.60. The first-order valence-corrected chi connectivity index (χ1v) is 4.56. The molecule has 76 valence electrons. The van der Waals surface area contributed by atoms with Crippen LogP contribution in [0.1, 0.15) is 0 Å². The van der Waals surface area contributed by atoms with Gasteiger partial charge in [-0.2, -0.15) is 4.39 Å². The van der Waals surface area contributed by atoms with Crippen LogP contribution in [0, 0.1) is 5.95 Å². The maximum Gasteiger partial charge on any atom is 0.220 e. The Morgan fingerprint density at radius 1 is 1.13 bits per heavy atom. The molecule has 0 amide bonds. The van der Waals surface area contributed by atoms with Crippen LogP contribution in [-0.4, -0.2) is 12.1 Å². The van der Waals surface area contributed by atoms with Gasteiger partial charge in [-0.25, -0.2) is 4.98 Å². The predicted octanol–water partition coefficient (Wildman–Crippen LogP) is 2.90. The molecule has 0 aliphatic heterocycles. The zero-order valence-electron chi connectivity index (χ0n) is 8.27. The first-order chi connectivity index (χ1) is 7.31. The zero-order chi connectivity index (χ0) is 10.7. The summed E-state index contributed by atoms with van der Waals surface area (Å²) in [5.74, 6) is 0.297. The minimum Gasteiger partial charge on any atom is -0.497 e. The summed E-state index contributed by atoms with van der Waals surface area (Å²) in [4.78, 5) is 3.60. The molecular formula is C12H10FNO. The van der Waals surface area contributed by atoms with Gasteiger partial charge in [-0.1, -0.05) is 12.1 Å². The number of rotatable bonds is 2. The predicted molar refractivity (Wildman–Crippen MR) is 56.2 cm³/mol. The van der Waals surface area contributed by atoms with E-state index in [0.29, 0.717) is 5.56 Å². The second kappa shape index (κ2) is 4.09. The number of halogens is 1. The number of pyridine rings is 1. The molecule has 1 heterocycles. The van der Waals surface area contributed by atoms with E-state index in [2.05, 4.69) is 4.98 Å². The third-order valence-corrected chi connectivity index (χ3v) is 2.16. The van der Waals surface area contributed by atoms with Gasteiger partial charge in [-0.3, -0.25) is 0 Å². The molecule has 0 atom stereocenters. The van der Waals surface area contributed by atoms with Gasteiger partial charge in [0.1, 0.15) is 5.75 Å². The van der Waals surface area contributed by atoms with Gasteiger partial charge in [0.05, 0.1) is 7.11 Å². The quantitative estimate of drug-likeness (QED) is 0.700. The van der Waals surface area contributed by atoms with Gasteiger partial charge in [0.15, 0.2) is 0 Å². The Balaban J connectivity index is 2.42. The number of nitrogens with zero attached hydrogens (tertiary/aromatic N) is 1. The van der Waals surface area contributed by atoms with Crippen molar-refractivity contribution < 1.29 is 9.13 Å². The summed E-state index contributed by atoms with van der Waals surface area (Å²) in [5, 5.41) is 0. The highest BCUT2D eigenvalue weighted by molar-refractivity contribution is 5.63. The monoisotopic (exact) mass is 203 g/mol. The van der Waals surface area contributed by atoms with Gasteiger partial charge in [0.2, 0.25) is 5.95 Å². The van der Waals surface area contributed by atoms with Crippen molar-refractivity contribution >= 4 is 0 Å². The molecule has 0 radical (unpaired) electrons. The van der Waals surface area contributed by atoms with Gasteiger partial charge in [0, 0.05) is 11.8 Å². The van der Waals surface area contributed by atoms with Crippen LogP contribution >= 0.6 is 0 Å². The molecule has 0 spiro atoms. The van der Waals surface area contributed by atoms with E-state index in [-0.39, 0.29) is 0 Å². The van der Waals surface area contributed by atoms with Crippen LogP contribution in [0.4, 0.5) is 4.39 Å². The van der Waals surface area contributed by atoms with Crippen molar-refractivity contribution in [1.29, 1.82) is 0 Å². The Labute approximate surface area is 87.4 Å². The van der Waals surface area contributed by atoms with Crippen molar-refractivity contribution in [2.45, 2.75) is 0 Å². The fraction of sp³-hybridized carbons (Fsp3) is 0.0833. The third-order valence-electron chi connectivity index (χ3n) is 2.16. The summed E-state index contributed by atoms with van der Waals surface area (Å²) in [6.07, 6.45) is 1.43. The van der Waals surface area contributed by atoms with Crippen molar-refractivity contribution in [2.24, 2.45) is 0 Å². The van der Waals surface area contributed by atoms with Crippen molar-refractivity contribution in [2.75, 3.05) is 7.11 Å². The average Bonchev–Trinajstić information content (AvgIpc) is 2.30. The average molecular weight is 203 g/mol. The molecule has 2 nitrogen and oxygen atoms in total. The number of benzene rings is 1. The zero-order valence-corrected chi connectivity index (χ0v) is 8.27. The van der Waals surface area contributed by atoms with Gasteiger partial charge in [0.25, 0.3) is 0 Å². The van der Waals surface area contributed by atoms with E-state index >= 15 is 0 Å². The SMILES string of the molecule is COc1ccc(-c2cccnc2F)cc1. The van der Waals surface area contributed by atoms with Gasteiger partial charge in [-0.05, 0) is 29.8 Å². The fourth-order valence-corrected chi connectivity index (χ4v) is 1.37. The highest BCUT2D eigenvalue weighted by Crippen LogP contribution is 2.23. The van der Waals surface area contributed by atoms with E-state index in [4.69, 9.17) is 4.74 Å². The van der Waals surface area contributed by atoms with Gasteiger partial charge in [-0.15, -0.1) is 0 Å². The molecular weight excluding hydrogens is 193 g/mol. The largest absolute Gasteiger partial charge is 0.497 e. The Hall–Kier alpha value is -1.90. The molecule has 0 aliphatic rings. The summed E-state index contributed by atoms with van der Waals surface area (Å²) in [6, 6.07) is 10.6. The van der Waals surface area contributed by atoms with E-state index in [0.717, 1.165) is 11.3 Å². The van der Waals surface area contributed by atoms with Crippen LogP contribution < -0.4 is 4.74 Å². The van der Waals surface area contributed by atoms with Crippen LogP contribution in [-0.2, 0) is 0 Å². The molecule has 0 unspecified atom stereocenters. The fourth-order valence-electron chi connectivity index (χ4n) is 1.37. The molecule has 0 saturated carbocycles. The van der Waals surface area contributed by atoms with E-state index < -0.39 is 5.95 Å². The molecule has 0 bridgehead atoms. The number of hydrogen-bond acceptors (Lipinski definition) is 2. The summed E-state index contributed by atoms with van der Waals surface area (Å²) >= 11 is 0. The number of ether oxygens (including phenoxy) is 1. The normalized spacial score (nSPS) is 10.0. The number of methoxy groups -OCH3 is 1. The standard InChI is InChI=1S/C12H10FNO/c1-15-10-6-4-9(5-7-10)11-3-2-8-14-12(11)13/h2-8H,1H3. The van der Waals surface area contributed by atoms with E-state index in [1.54, 1.807) is 43.5 Å². The van der Waals surface area contributed by atoms with Crippen molar-refractivity contribution in [3.05, 3.63) is 48.5 Å². The van der Waals surface area contributed by atoms with Gasteiger partial charge < -0.3 is 4.74 Å². The second-order valence-corrected chi connectivity index (χ2v) is 3.07. The molecule has 1 aromatic heterocycles. The smallest absolute Gasteiger partial charge is 0.220 e. The third kappa shape index (κ3) is 1.96. The minimum absolute atomic E-state index is 0.456. The first-order valence-electron chi connectivity index (χ1n) is 4.56. The Morgan fingerprint density at radius 3 is 2.47 bits per heavy atom. The van der Waals surface area contributed by atoms with Crippen molar-refractivity contribution in [3.63, 3.8) is 0 Å². The van der Waals surface area contributed by atoms with Crippen LogP contribution in [0.5, 0.6) is 5.75 Å². The molecule has 0 saturated heterocycles. The molecule has 0 fully saturated rings.